The van der Waals surface area contributed by atoms with Gasteiger partial charge < -0.3 is 11.9 Å². The second-order valence-electron chi connectivity index (χ2n) is 5.44. The van der Waals surface area contributed by atoms with Crippen LogP contribution in [-0.4, -0.2) is 24.8 Å². The van der Waals surface area contributed by atoms with E-state index in [1.54, 1.807) is 0 Å². The van der Waals surface area contributed by atoms with Gasteiger partial charge >= 0.3 is 0 Å². The molecular formula is C12H25N3S. The van der Waals surface area contributed by atoms with Gasteiger partial charge in [-0.05, 0) is 36.5 Å². The zero-order valence-electron chi connectivity index (χ0n) is 10.8. The maximum absolute atomic E-state index is 5.87. The van der Waals surface area contributed by atoms with Crippen LogP contribution in [0.25, 0.3) is 0 Å². The molecule has 0 unspecified atom stereocenters. The van der Waals surface area contributed by atoms with Crippen molar-refractivity contribution in [1.29, 1.82) is 0 Å². The molecule has 0 fully saturated rings. The van der Waals surface area contributed by atoms with Gasteiger partial charge in [-0.2, -0.15) is 0 Å². The fraction of sp³-hybridized carbons (Fsp3) is 0.500. The van der Waals surface area contributed by atoms with Gasteiger partial charge in [-0.15, -0.1) is 0 Å². The number of nitrogens with two attached hydrogens (primary N) is 1. The second-order valence-corrected chi connectivity index (χ2v) is 13.1. The van der Waals surface area contributed by atoms with E-state index in [1.807, 2.05) is 6.07 Å². The van der Waals surface area contributed by atoms with Crippen molar-refractivity contribution in [2.75, 3.05) is 30.5 Å². The Morgan fingerprint density at radius 1 is 1.19 bits per heavy atom. The molecule has 0 aliphatic carbocycles. The van der Waals surface area contributed by atoms with Crippen LogP contribution < -0.4 is 16.6 Å². The van der Waals surface area contributed by atoms with Gasteiger partial charge in [-0.3, -0.25) is 4.72 Å². The third-order valence-electron chi connectivity index (χ3n) is 4.25. The predicted molar refractivity (Wildman–Crippen MR) is 76.1 cm³/mol. The molecule has 2 rings (SSSR count). The van der Waals surface area contributed by atoms with Gasteiger partial charge in [-0.1, -0.05) is 13.8 Å². The first-order valence-electron chi connectivity index (χ1n) is 5.51. The molecular weight excluding hydrogens is 218 g/mol. The molecule has 1 aromatic carbocycles. The predicted octanol–water partition coefficient (Wildman–Crippen LogP) is 2.84. The first-order chi connectivity index (χ1) is 6.82. The Kier molecular flexibility index (Phi) is 2.46. The molecule has 94 valence electrons. The molecule has 0 saturated carbocycles. The lowest BCUT2D eigenvalue weighted by Gasteiger charge is -2.60. The summed E-state index contributed by atoms with van der Waals surface area (Å²) in [6.45, 7) is 5.47. The van der Waals surface area contributed by atoms with Gasteiger partial charge in [0.15, 0.2) is 0 Å². The number of hydrogen-bond acceptors (Lipinski definition) is 3. The van der Waals surface area contributed by atoms with Crippen LogP contribution in [0.15, 0.2) is 28.0 Å². The Hall–Kier alpha value is -0.710. The van der Waals surface area contributed by atoms with Crippen molar-refractivity contribution < 1.29 is 0 Å². The largest absolute Gasteiger partial charge is 0.399 e. The molecule has 4 heteroatoms. The molecule has 1 aliphatic heterocycles. The minimum absolute atomic E-state index is 0. The molecule has 1 aromatic rings. The summed E-state index contributed by atoms with van der Waals surface area (Å²) in [5.41, 5.74) is 6.75. The van der Waals surface area contributed by atoms with E-state index < -0.39 is 8.48 Å². The highest BCUT2D eigenvalue weighted by Crippen LogP contribution is 3.04. The maximum atomic E-state index is 5.87. The molecule has 0 amide bonds. The van der Waals surface area contributed by atoms with Crippen LogP contribution >= 0.6 is 8.48 Å². The standard InChI is InChI=1S/C12H22N2S.H3N/c1-5-14-15(3,4,6-2)11-8-7-10(13)9-12(11)15;/h7-9,14H,5-6,13H2,1-4H3;1H3. The van der Waals surface area contributed by atoms with Gasteiger partial charge in [-0.25, -0.2) is 8.48 Å². The third-order valence-corrected chi connectivity index (χ3v) is 11.4. The van der Waals surface area contributed by atoms with Crippen LogP contribution in [0.2, 0.25) is 0 Å². The van der Waals surface area contributed by atoms with E-state index in [-0.39, 0.29) is 6.15 Å². The van der Waals surface area contributed by atoms with Crippen molar-refractivity contribution >= 4 is 14.2 Å². The van der Waals surface area contributed by atoms with Crippen LogP contribution in [0.1, 0.15) is 13.8 Å². The average Bonchev–Trinajstić information content (AvgIpc) is 2.63. The number of nitrogens with one attached hydrogen (secondary N) is 1. The second kappa shape index (κ2) is 2.94. The van der Waals surface area contributed by atoms with Crippen molar-refractivity contribution in [3.63, 3.8) is 0 Å². The molecule has 6 N–H and O–H groups in total. The first-order valence-corrected chi connectivity index (χ1v) is 8.95. The first kappa shape index (κ1) is 13.4. The molecule has 0 atom stereocenters. The summed E-state index contributed by atoms with van der Waals surface area (Å²) in [6, 6.07) is 6.38. The number of benzene rings is 1. The summed E-state index contributed by atoms with van der Waals surface area (Å²) in [5, 5.41) is 0. The maximum Gasteiger partial charge on any atom is 0.0325 e. The molecule has 0 radical (unpaired) electrons. The molecule has 0 saturated heterocycles. The van der Waals surface area contributed by atoms with E-state index in [0.717, 1.165) is 18.0 Å². The van der Waals surface area contributed by atoms with E-state index in [9.17, 15) is 0 Å². The summed E-state index contributed by atoms with van der Waals surface area (Å²) in [4.78, 5) is 2.98. The quantitative estimate of drug-likeness (QED) is 0.564. The minimum atomic E-state index is -2.24. The number of anilines is 1. The van der Waals surface area contributed by atoms with Crippen molar-refractivity contribution in [1.82, 2.24) is 10.9 Å². The van der Waals surface area contributed by atoms with E-state index in [1.165, 1.54) is 9.79 Å². The monoisotopic (exact) mass is 243 g/mol. The molecule has 16 heavy (non-hydrogen) atoms. The summed E-state index contributed by atoms with van der Waals surface area (Å²) in [6.07, 6.45) is 4.82. The number of fused-ring (bicyclic) bond motifs is 1. The topological polar surface area (TPSA) is 73.0 Å². The molecule has 0 bridgehead atoms. The Labute approximate surface area is 97.8 Å². The Morgan fingerprint density at radius 2 is 1.81 bits per heavy atom. The Balaban J connectivity index is 0.00000128. The normalized spacial score (nSPS) is 26.0. The van der Waals surface area contributed by atoms with Crippen LogP contribution in [0.4, 0.5) is 5.69 Å². The van der Waals surface area contributed by atoms with E-state index in [2.05, 4.69) is 43.2 Å². The summed E-state index contributed by atoms with van der Waals surface area (Å²) < 4.78 is 3.79. The molecule has 3 nitrogen and oxygen atoms in total. The zero-order valence-corrected chi connectivity index (χ0v) is 11.7. The summed E-state index contributed by atoms with van der Waals surface area (Å²) >= 11 is 0. The van der Waals surface area contributed by atoms with Crippen molar-refractivity contribution in [2.45, 2.75) is 23.6 Å². The van der Waals surface area contributed by atoms with E-state index >= 15 is 0 Å². The SMILES string of the molecule is CCNS1(C)(C)(CC)c2ccc(N)cc21.N. The molecule has 0 aromatic heterocycles. The van der Waals surface area contributed by atoms with Gasteiger partial charge in [0.25, 0.3) is 0 Å². The molecule has 0 spiro atoms. The third kappa shape index (κ3) is 1.18. The van der Waals surface area contributed by atoms with Crippen molar-refractivity contribution in [2.24, 2.45) is 0 Å². The lowest BCUT2D eigenvalue weighted by molar-refractivity contribution is 0.992. The van der Waals surface area contributed by atoms with Crippen molar-refractivity contribution in [3.05, 3.63) is 18.2 Å². The highest BCUT2D eigenvalue weighted by molar-refractivity contribution is 8.66. The van der Waals surface area contributed by atoms with Gasteiger partial charge in [0.05, 0.1) is 0 Å². The zero-order chi connectivity index (χ0) is 11.4. The molecule has 1 heterocycles. The fourth-order valence-corrected chi connectivity index (χ4v) is 8.19. The van der Waals surface area contributed by atoms with Crippen molar-refractivity contribution in [3.8, 4) is 0 Å². The number of rotatable bonds is 3. The lowest BCUT2D eigenvalue weighted by atomic mass is 10.3. The van der Waals surface area contributed by atoms with Gasteiger partial charge in [0.2, 0.25) is 0 Å². The van der Waals surface area contributed by atoms with Crippen LogP contribution in [0, 0.1) is 0 Å². The highest BCUT2D eigenvalue weighted by Gasteiger charge is 2.67. The Bertz CT molecular complexity index is 454. The van der Waals surface area contributed by atoms with E-state index in [4.69, 9.17) is 5.73 Å². The van der Waals surface area contributed by atoms with Crippen LogP contribution in [0.3, 0.4) is 0 Å². The van der Waals surface area contributed by atoms with Crippen LogP contribution in [-0.2, 0) is 0 Å². The molecule has 1 aliphatic rings. The Morgan fingerprint density at radius 3 is 2.25 bits per heavy atom. The van der Waals surface area contributed by atoms with Crippen LogP contribution in [0.5, 0.6) is 0 Å². The van der Waals surface area contributed by atoms with Gasteiger partial charge in [0, 0.05) is 22.0 Å². The highest BCUT2D eigenvalue weighted by atomic mass is 32.4. The van der Waals surface area contributed by atoms with E-state index in [0.29, 0.717) is 0 Å². The number of nitrogen functional groups attached to an aromatic ring is 1. The summed E-state index contributed by atoms with van der Waals surface area (Å²) in [7, 11) is -2.24. The summed E-state index contributed by atoms with van der Waals surface area (Å²) in [5.74, 6) is 1.16. The number of hydrogen-bond donors (Lipinski definition) is 3. The lowest BCUT2D eigenvalue weighted by Crippen LogP contribution is -2.38. The van der Waals surface area contributed by atoms with Gasteiger partial charge in [0.1, 0.15) is 0 Å². The fourth-order valence-electron chi connectivity index (χ4n) is 2.70. The minimum Gasteiger partial charge on any atom is -0.399 e. The smallest absolute Gasteiger partial charge is 0.0325 e. The average molecular weight is 243 g/mol.